The number of thiocarbonyl (C=S) groups is 1. The summed E-state index contributed by atoms with van der Waals surface area (Å²) in [7, 11) is 0. The fourth-order valence-corrected chi connectivity index (χ4v) is 1.86. The number of ether oxygens (including phenoxy) is 2. The van der Waals surface area contributed by atoms with Crippen LogP contribution >= 0.6 is 12.2 Å². The van der Waals surface area contributed by atoms with Crippen molar-refractivity contribution in [2.45, 2.75) is 65.6 Å². The largest absolute Gasteiger partial charge is 0.444 e. The quantitative estimate of drug-likeness (QED) is 0.373. The van der Waals surface area contributed by atoms with E-state index >= 15 is 0 Å². The van der Waals surface area contributed by atoms with Crippen LogP contribution in [0.15, 0.2) is 0 Å². The molecule has 0 aromatic heterocycles. The minimum Gasteiger partial charge on any atom is -0.444 e. The van der Waals surface area contributed by atoms with Crippen molar-refractivity contribution < 1.29 is 19.1 Å². The zero-order valence-corrected chi connectivity index (χ0v) is 17.6. The van der Waals surface area contributed by atoms with Crippen molar-refractivity contribution in [1.29, 1.82) is 0 Å². The van der Waals surface area contributed by atoms with Crippen molar-refractivity contribution in [3.8, 4) is 0 Å². The van der Waals surface area contributed by atoms with Gasteiger partial charge in [0.25, 0.3) is 0 Å². The molecule has 0 aliphatic rings. The van der Waals surface area contributed by atoms with E-state index in [4.69, 9.17) is 21.7 Å². The van der Waals surface area contributed by atoms with Gasteiger partial charge < -0.3 is 30.7 Å². The summed E-state index contributed by atoms with van der Waals surface area (Å²) in [5.74, 6) is 0. The molecule has 0 saturated heterocycles. The van der Waals surface area contributed by atoms with Crippen LogP contribution in [0.25, 0.3) is 0 Å². The van der Waals surface area contributed by atoms with Gasteiger partial charge in [0.2, 0.25) is 0 Å². The van der Waals surface area contributed by atoms with E-state index in [-0.39, 0.29) is 0 Å². The summed E-state index contributed by atoms with van der Waals surface area (Å²) in [6.07, 6.45) is 0.606. The first-order valence-electron chi connectivity index (χ1n) is 8.84. The zero-order valence-electron chi connectivity index (χ0n) is 16.8. The Kier molecular flexibility index (Phi) is 11.0. The number of rotatable bonds is 8. The van der Waals surface area contributed by atoms with Crippen LogP contribution in [-0.2, 0) is 9.47 Å². The number of carbonyl (C=O) groups excluding carboxylic acids is 2. The average Bonchev–Trinajstić information content (AvgIpc) is 2.42. The Labute approximate surface area is 162 Å². The maximum absolute atomic E-state index is 11.5. The highest BCUT2D eigenvalue weighted by Crippen LogP contribution is 2.06. The lowest BCUT2D eigenvalue weighted by atomic mass is 10.2. The second kappa shape index (κ2) is 11.8. The SMILES string of the molecule is CC(C)(C)OC(=O)NCCCNC(=S)NCCCNC(=O)OC(C)(C)C. The van der Waals surface area contributed by atoms with Gasteiger partial charge in [0.1, 0.15) is 11.2 Å². The smallest absolute Gasteiger partial charge is 0.407 e. The van der Waals surface area contributed by atoms with Crippen molar-refractivity contribution in [1.82, 2.24) is 21.3 Å². The Morgan fingerprint density at radius 2 is 1.00 bits per heavy atom. The number of carbonyl (C=O) groups is 2. The molecular formula is C17H34N4O4S. The van der Waals surface area contributed by atoms with E-state index in [9.17, 15) is 9.59 Å². The predicted molar refractivity (Wildman–Crippen MR) is 106 cm³/mol. The number of hydrogen-bond donors (Lipinski definition) is 4. The second-order valence-corrected chi connectivity index (χ2v) is 8.16. The normalized spacial score (nSPS) is 11.3. The fraction of sp³-hybridized carbons (Fsp3) is 0.824. The van der Waals surface area contributed by atoms with Crippen LogP contribution < -0.4 is 21.3 Å². The van der Waals surface area contributed by atoms with Gasteiger partial charge in [0, 0.05) is 26.2 Å². The van der Waals surface area contributed by atoms with E-state index in [0.29, 0.717) is 31.3 Å². The molecule has 0 bridgehead atoms. The molecule has 0 rings (SSSR count). The topological polar surface area (TPSA) is 101 Å². The van der Waals surface area contributed by atoms with Gasteiger partial charge in [-0.05, 0) is 66.6 Å². The summed E-state index contributed by atoms with van der Waals surface area (Å²) in [6, 6.07) is 0. The van der Waals surface area contributed by atoms with Gasteiger partial charge in [0.05, 0.1) is 0 Å². The van der Waals surface area contributed by atoms with Gasteiger partial charge >= 0.3 is 12.2 Å². The standard InChI is InChI=1S/C17H34N4O4S/c1-16(2,3)24-14(22)20-11-7-9-18-13(26)19-10-8-12-21-15(23)25-17(4,5)6/h7-12H2,1-6H3,(H,20,22)(H,21,23)(H2,18,19,26). The summed E-state index contributed by atoms with van der Waals surface area (Å²) in [5, 5.41) is 12.0. The molecule has 0 aliphatic carbocycles. The number of amides is 2. The molecule has 0 aliphatic heterocycles. The third-order valence-electron chi connectivity index (χ3n) is 2.61. The molecule has 0 aromatic carbocycles. The van der Waals surface area contributed by atoms with E-state index in [2.05, 4.69) is 21.3 Å². The predicted octanol–water partition coefficient (Wildman–Crippen LogP) is 2.28. The number of hydrogen-bond acceptors (Lipinski definition) is 5. The molecule has 0 spiro atoms. The average molecular weight is 391 g/mol. The third kappa shape index (κ3) is 17.1. The highest BCUT2D eigenvalue weighted by atomic mass is 32.1. The molecule has 0 aromatic rings. The Morgan fingerprint density at radius 1 is 0.692 bits per heavy atom. The fourth-order valence-electron chi connectivity index (χ4n) is 1.65. The first-order valence-corrected chi connectivity index (χ1v) is 9.25. The van der Waals surface area contributed by atoms with Crippen LogP contribution in [0.5, 0.6) is 0 Å². The highest BCUT2D eigenvalue weighted by molar-refractivity contribution is 7.80. The van der Waals surface area contributed by atoms with E-state index in [0.717, 1.165) is 12.8 Å². The van der Waals surface area contributed by atoms with Gasteiger partial charge in [-0.15, -0.1) is 0 Å². The van der Waals surface area contributed by atoms with Crippen molar-refractivity contribution in [2.24, 2.45) is 0 Å². The van der Waals surface area contributed by atoms with Crippen molar-refractivity contribution in [2.75, 3.05) is 26.2 Å². The molecule has 0 atom stereocenters. The number of alkyl carbamates (subject to hydrolysis) is 2. The monoisotopic (exact) mass is 390 g/mol. The second-order valence-electron chi connectivity index (χ2n) is 7.75. The van der Waals surface area contributed by atoms with Crippen LogP contribution in [-0.4, -0.2) is 54.7 Å². The molecule has 8 nitrogen and oxygen atoms in total. The van der Waals surface area contributed by atoms with Gasteiger partial charge in [-0.25, -0.2) is 9.59 Å². The van der Waals surface area contributed by atoms with E-state index in [1.807, 2.05) is 41.5 Å². The third-order valence-corrected chi connectivity index (χ3v) is 2.90. The molecule has 0 fully saturated rings. The highest BCUT2D eigenvalue weighted by Gasteiger charge is 2.16. The maximum Gasteiger partial charge on any atom is 0.407 e. The summed E-state index contributed by atoms with van der Waals surface area (Å²) < 4.78 is 10.3. The summed E-state index contributed by atoms with van der Waals surface area (Å²) in [6.45, 7) is 13.2. The Morgan fingerprint density at radius 3 is 1.31 bits per heavy atom. The summed E-state index contributed by atoms with van der Waals surface area (Å²) >= 11 is 5.15. The minimum atomic E-state index is -0.494. The van der Waals surface area contributed by atoms with Crippen LogP contribution in [0.3, 0.4) is 0 Å². The van der Waals surface area contributed by atoms with Crippen molar-refractivity contribution in [3.63, 3.8) is 0 Å². The van der Waals surface area contributed by atoms with Crippen LogP contribution in [0.4, 0.5) is 9.59 Å². The molecule has 9 heteroatoms. The van der Waals surface area contributed by atoms with E-state index in [1.165, 1.54) is 0 Å². The summed E-state index contributed by atoms with van der Waals surface area (Å²) in [4.78, 5) is 22.9. The molecule has 2 amide bonds. The van der Waals surface area contributed by atoms with Gasteiger partial charge in [-0.1, -0.05) is 0 Å². The Bertz CT molecular complexity index is 419. The zero-order chi connectivity index (χ0) is 20.2. The molecule has 26 heavy (non-hydrogen) atoms. The molecule has 0 saturated carbocycles. The van der Waals surface area contributed by atoms with E-state index < -0.39 is 23.4 Å². The van der Waals surface area contributed by atoms with Gasteiger partial charge in [0.15, 0.2) is 5.11 Å². The van der Waals surface area contributed by atoms with Crippen molar-refractivity contribution >= 4 is 29.5 Å². The Balaban J connectivity index is 3.56. The summed E-state index contributed by atoms with van der Waals surface area (Å²) in [5.41, 5.74) is -0.988. The molecule has 152 valence electrons. The van der Waals surface area contributed by atoms with Crippen LogP contribution in [0, 0.1) is 0 Å². The lowest BCUT2D eigenvalue weighted by molar-refractivity contribution is 0.0516. The first kappa shape index (κ1) is 24.2. The molecule has 4 N–H and O–H groups in total. The van der Waals surface area contributed by atoms with Crippen molar-refractivity contribution in [3.05, 3.63) is 0 Å². The van der Waals surface area contributed by atoms with Crippen LogP contribution in [0.2, 0.25) is 0 Å². The molecule has 0 unspecified atom stereocenters. The molecule has 0 radical (unpaired) electrons. The van der Waals surface area contributed by atoms with Crippen LogP contribution in [0.1, 0.15) is 54.4 Å². The lowest BCUT2D eigenvalue weighted by Gasteiger charge is -2.19. The lowest BCUT2D eigenvalue weighted by Crippen LogP contribution is -2.39. The first-order chi connectivity index (χ1) is 11.9. The van der Waals surface area contributed by atoms with Gasteiger partial charge in [-0.3, -0.25) is 0 Å². The van der Waals surface area contributed by atoms with E-state index in [1.54, 1.807) is 0 Å². The minimum absolute atomic E-state index is 0.421. The number of nitrogens with one attached hydrogen (secondary N) is 4. The van der Waals surface area contributed by atoms with Gasteiger partial charge in [-0.2, -0.15) is 0 Å². The maximum atomic E-state index is 11.5. The molecular weight excluding hydrogens is 356 g/mol. The Hall–Kier alpha value is -1.77. The molecule has 0 heterocycles.